The third-order valence-electron chi connectivity index (χ3n) is 3.27. The van der Waals surface area contributed by atoms with Gasteiger partial charge in [0, 0.05) is 6.04 Å². The van der Waals surface area contributed by atoms with E-state index in [-0.39, 0.29) is 0 Å². The van der Waals surface area contributed by atoms with E-state index in [1.165, 1.54) is 5.56 Å². The Bertz CT molecular complexity index is 551. The molecule has 112 valence electrons. The van der Waals surface area contributed by atoms with Gasteiger partial charge in [0.2, 0.25) is 0 Å². The summed E-state index contributed by atoms with van der Waals surface area (Å²) < 4.78 is 11.5. The normalized spacial score (nSPS) is 12.0. The van der Waals surface area contributed by atoms with Crippen LogP contribution >= 0.6 is 0 Å². The zero-order valence-corrected chi connectivity index (χ0v) is 12.9. The topological polar surface area (TPSA) is 30.5 Å². The molecule has 2 aromatic rings. The molecule has 0 radical (unpaired) electrons. The van der Waals surface area contributed by atoms with Crippen LogP contribution in [0.4, 0.5) is 0 Å². The molecule has 0 saturated heterocycles. The van der Waals surface area contributed by atoms with E-state index in [0.29, 0.717) is 12.6 Å². The minimum absolute atomic E-state index is 0.347. The third kappa shape index (κ3) is 4.23. The van der Waals surface area contributed by atoms with Crippen LogP contribution in [0.1, 0.15) is 32.4 Å². The maximum atomic E-state index is 5.91. The van der Waals surface area contributed by atoms with Gasteiger partial charge in [0.15, 0.2) is 11.5 Å². The van der Waals surface area contributed by atoms with Crippen molar-refractivity contribution in [2.45, 2.75) is 26.8 Å². The Kier molecular flexibility index (Phi) is 5.64. The summed E-state index contributed by atoms with van der Waals surface area (Å²) in [6.45, 7) is 7.82. The van der Waals surface area contributed by atoms with Gasteiger partial charge in [-0.1, -0.05) is 31.2 Å². The first-order valence-electron chi connectivity index (χ1n) is 7.47. The molecule has 1 atom stereocenters. The zero-order valence-electron chi connectivity index (χ0n) is 12.9. The first-order chi connectivity index (χ1) is 10.2. The van der Waals surface area contributed by atoms with Crippen molar-refractivity contribution in [3.05, 3.63) is 54.1 Å². The Labute approximate surface area is 126 Å². The van der Waals surface area contributed by atoms with Gasteiger partial charge in [0.05, 0.1) is 6.61 Å². The second-order valence-electron chi connectivity index (χ2n) is 4.83. The second-order valence-corrected chi connectivity index (χ2v) is 4.83. The Morgan fingerprint density at radius 2 is 1.62 bits per heavy atom. The van der Waals surface area contributed by atoms with Gasteiger partial charge in [-0.2, -0.15) is 0 Å². The fraction of sp³-hybridized carbons (Fsp3) is 0.333. The van der Waals surface area contributed by atoms with Crippen molar-refractivity contribution in [1.82, 2.24) is 5.32 Å². The van der Waals surface area contributed by atoms with Crippen LogP contribution in [-0.2, 0) is 0 Å². The lowest BCUT2D eigenvalue weighted by Gasteiger charge is -2.14. The number of rotatable bonds is 7. The van der Waals surface area contributed by atoms with Crippen LogP contribution in [0.2, 0.25) is 0 Å². The van der Waals surface area contributed by atoms with Gasteiger partial charge in [0.1, 0.15) is 5.75 Å². The minimum atomic E-state index is 0.347. The lowest BCUT2D eigenvalue weighted by Crippen LogP contribution is -2.17. The Morgan fingerprint density at radius 1 is 0.952 bits per heavy atom. The molecule has 2 rings (SSSR count). The van der Waals surface area contributed by atoms with E-state index < -0.39 is 0 Å². The highest BCUT2D eigenvalue weighted by Gasteiger charge is 2.07. The van der Waals surface area contributed by atoms with Crippen molar-refractivity contribution in [2.24, 2.45) is 0 Å². The van der Waals surface area contributed by atoms with E-state index >= 15 is 0 Å². The lowest BCUT2D eigenvalue weighted by molar-refractivity contribution is 0.321. The molecular weight excluding hydrogens is 262 g/mol. The molecule has 0 aliphatic heterocycles. The molecule has 0 aliphatic carbocycles. The third-order valence-corrected chi connectivity index (χ3v) is 3.27. The minimum Gasteiger partial charge on any atom is -0.490 e. The molecule has 0 heterocycles. The van der Waals surface area contributed by atoms with E-state index in [9.17, 15) is 0 Å². The molecule has 3 heteroatoms. The molecule has 0 fully saturated rings. The van der Waals surface area contributed by atoms with Crippen molar-refractivity contribution in [3.63, 3.8) is 0 Å². The van der Waals surface area contributed by atoms with Crippen molar-refractivity contribution < 1.29 is 9.47 Å². The van der Waals surface area contributed by atoms with E-state index in [2.05, 4.69) is 31.3 Å². The molecule has 2 aromatic carbocycles. The van der Waals surface area contributed by atoms with Crippen molar-refractivity contribution in [2.75, 3.05) is 13.2 Å². The average molecular weight is 285 g/mol. The maximum Gasteiger partial charge on any atom is 0.169 e. The van der Waals surface area contributed by atoms with Crippen molar-refractivity contribution in [3.8, 4) is 17.2 Å². The highest BCUT2D eigenvalue weighted by atomic mass is 16.5. The van der Waals surface area contributed by atoms with Gasteiger partial charge < -0.3 is 14.8 Å². The zero-order chi connectivity index (χ0) is 15.1. The van der Waals surface area contributed by atoms with Gasteiger partial charge >= 0.3 is 0 Å². The molecule has 0 spiro atoms. The monoisotopic (exact) mass is 285 g/mol. The van der Waals surface area contributed by atoms with E-state index in [1.807, 2.05) is 43.3 Å². The molecule has 1 unspecified atom stereocenters. The fourth-order valence-corrected chi connectivity index (χ4v) is 2.18. The number of para-hydroxylation sites is 2. The smallest absolute Gasteiger partial charge is 0.169 e. The summed E-state index contributed by atoms with van der Waals surface area (Å²) in [5.74, 6) is 2.33. The molecule has 0 bridgehead atoms. The largest absolute Gasteiger partial charge is 0.490 e. The number of hydrogen-bond donors (Lipinski definition) is 1. The number of ether oxygens (including phenoxy) is 2. The molecule has 0 saturated carbocycles. The quantitative estimate of drug-likeness (QED) is 0.809. The maximum absolute atomic E-state index is 5.91. The molecular formula is C18H23NO2. The predicted octanol–water partition coefficient (Wildman–Crippen LogP) is 4.55. The van der Waals surface area contributed by atoms with Crippen LogP contribution in [0.25, 0.3) is 0 Å². The van der Waals surface area contributed by atoms with Crippen LogP contribution in [0.3, 0.4) is 0 Å². The fourth-order valence-electron chi connectivity index (χ4n) is 2.18. The van der Waals surface area contributed by atoms with Crippen molar-refractivity contribution in [1.29, 1.82) is 0 Å². The van der Waals surface area contributed by atoms with E-state index in [0.717, 1.165) is 23.8 Å². The SMILES string of the molecule is CCNC(C)c1ccc(Oc2ccccc2OCC)cc1. The lowest BCUT2D eigenvalue weighted by atomic mass is 10.1. The van der Waals surface area contributed by atoms with Gasteiger partial charge in [-0.15, -0.1) is 0 Å². The highest BCUT2D eigenvalue weighted by Crippen LogP contribution is 2.31. The van der Waals surface area contributed by atoms with Crippen LogP contribution in [0, 0.1) is 0 Å². The summed E-state index contributed by atoms with van der Waals surface area (Å²) in [6, 6.07) is 16.2. The summed E-state index contributed by atoms with van der Waals surface area (Å²) in [7, 11) is 0. The highest BCUT2D eigenvalue weighted by molar-refractivity contribution is 5.43. The van der Waals surface area contributed by atoms with Crippen LogP contribution in [0.15, 0.2) is 48.5 Å². The predicted molar refractivity (Wildman–Crippen MR) is 86.2 cm³/mol. The van der Waals surface area contributed by atoms with Crippen LogP contribution < -0.4 is 14.8 Å². The molecule has 0 aromatic heterocycles. The standard InChI is InChI=1S/C18H23NO2/c1-4-19-14(3)15-10-12-16(13-11-15)21-18-9-7-6-8-17(18)20-5-2/h6-14,19H,4-5H2,1-3H3. The number of hydrogen-bond acceptors (Lipinski definition) is 3. The van der Waals surface area contributed by atoms with Gasteiger partial charge in [-0.25, -0.2) is 0 Å². The second kappa shape index (κ2) is 7.70. The molecule has 0 aliphatic rings. The first-order valence-corrected chi connectivity index (χ1v) is 7.47. The summed E-state index contributed by atoms with van der Waals surface area (Å²) in [4.78, 5) is 0. The van der Waals surface area contributed by atoms with Crippen molar-refractivity contribution >= 4 is 0 Å². The molecule has 21 heavy (non-hydrogen) atoms. The molecule has 1 N–H and O–H groups in total. The Morgan fingerprint density at radius 3 is 2.24 bits per heavy atom. The Balaban J connectivity index is 2.10. The molecule has 0 amide bonds. The van der Waals surface area contributed by atoms with Gasteiger partial charge in [-0.05, 0) is 50.2 Å². The van der Waals surface area contributed by atoms with Gasteiger partial charge in [-0.3, -0.25) is 0 Å². The van der Waals surface area contributed by atoms with E-state index in [1.54, 1.807) is 0 Å². The van der Waals surface area contributed by atoms with Crippen LogP contribution in [0.5, 0.6) is 17.2 Å². The summed E-state index contributed by atoms with van der Waals surface area (Å²) in [5, 5.41) is 3.40. The summed E-state index contributed by atoms with van der Waals surface area (Å²) in [5.41, 5.74) is 1.25. The first kappa shape index (κ1) is 15.4. The number of nitrogens with one attached hydrogen (secondary N) is 1. The average Bonchev–Trinajstić information content (AvgIpc) is 2.50. The Hall–Kier alpha value is -2.00. The van der Waals surface area contributed by atoms with Gasteiger partial charge in [0.25, 0.3) is 0 Å². The number of benzene rings is 2. The summed E-state index contributed by atoms with van der Waals surface area (Å²) in [6.07, 6.45) is 0. The van der Waals surface area contributed by atoms with Crippen LogP contribution in [-0.4, -0.2) is 13.2 Å². The van der Waals surface area contributed by atoms with E-state index in [4.69, 9.17) is 9.47 Å². The molecule has 3 nitrogen and oxygen atoms in total. The summed E-state index contributed by atoms with van der Waals surface area (Å²) >= 11 is 0.